The van der Waals surface area contributed by atoms with Crippen LogP contribution in [-0.4, -0.2) is 41.4 Å². The summed E-state index contributed by atoms with van der Waals surface area (Å²) in [5, 5.41) is 26.2. The molecule has 2 aromatic carbocycles. The number of hydrogen-bond donors (Lipinski definition) is 4. The molecule has 5 heteroatoms. The Morgan fingerprint density at radius 1 is 1.12 bits per heavy atom. The fraction of sp³-hybridized carbons (Fsp3) is 0.381. The van der Waals surface area contributed by atoms with E-state index in [1.165, 1.54) is 5.56 Å². The molecule has 1 aliphatic rings. The van der Waals surface area contributed by atoms with Crippen molar-refractivity contribution < 1.29 is 15.0 Å². The highest BCUT2D eigenvalue weighted by molar-refractivity contribution is 5.82. The number of rotatable bonds is 6. The van der Waals surface area contributed by atoms with Crippen molar-refractivity contribution in [1.82, 2.24) is 10.6 Å². The van der Waals surface area contributed by atoms with Crippen LogP contribution in [0.4, 0.5) is 0 Å². The molecule has 0 aliphatic carbocycles. The highest BCUT2D eigenvalue weighted by Crippen LogP contribution is 2.27. The maximum atomic E-state index is 12.7. The Hall–Kier alpha value is -2.21. The van der Waals surface area contributed by atoms with E-state index in [2.05, 4.69) is 22.8 Å². The predicted molar refractivity (Wildman–Crippen MR) is 101 cm³/mol. The lowest BCUT2D eigenvalue weighted by atomic mass is 9.86. The van der Waals surface area contributed by atoms with Crippen LogP contribution in [0.3, 0.4) is 0 Å². The fourth-order valence-corrected chi connectivity index (χ4v) is 3.54. The summed E-state index contributed by atoms with van der Waals surface area (Å²) in [6.07, 6.45) is 0.748. The Kier molecular flexibility index (Phi) is 6.39. The number of carbonyl (C=O) groups excluding carboxylic acids is 1. The molecule has 2 unspecified atom stereocenters. The first-order chi connectivity index (χ1) is 12.7. The molecule has 2 aromatic rings. The van der Waals surface area contributed by atoms with Gasteiger partial charge in [0.25, 0.3) is 0 Å². The second-order valence-electron chi connectivity index (χ2n) is 6.79. The van der Waals surface area contributed by atoms with E-state index in [1.54, 1.807) is 12.1 Å². The minimum Gasteiger partial charge on any atom is -0.394 e. The molecule has 1 saturated heterocycles. The minimum atomic E-state index is -0.946. The van der Waals surface area contributed by atoms with Crippen LogP contribution in [0.25, 0.3) is 0 Å². The van der Waals surface area contributed by atoms with E-state index in [-0.39, 0.29) is 18.6 Å². The smallest absolute Gasteiger partial charge is 0.237 e. The van der Waals surface area contributed by atoms with E-state index < -0.39 is 12.1 Å². The summed E-state index contributed by atoms with van der Waals surface area (Å²) in [6.45, 7) is 0.444. The van der Waals surface area contributed by atoms with Crippen molar-refractivity contribution >= 4 is 5.91 Å². The second kappa shape index (κ2) is 8.94. The Morgan fingerprint density at radius 2 is 1.77 bits per heavy atom. The predicted octanol–water partition coefficient (Wildman–Crippen LogP) is 1.73. The fourth-order valence-electron chi connectivity index (χ4n) is 3.54. The van der Waals surface area contributed by atoms with Gasteiger partial charge in [0.1, 0.15) is 6.10 Å². The average molecular weight is 354 g/mol. The van der Waals surface area contributed by atoms with Gasteiger partial charge in [0.2, 0.25) is 5.91 Å². The van der Waals surface area contributed by atoms with Crippen molar-refractivity contribution in [3.05, 3.63) is 71.8 Å². The first kappa shape index (κ1) is 18.6. The summed E-state index contributed by atoms with van der Waals surface area (Å²) in [5.74, 6) is 0.152. The first-order valence-electron chi connectivity index (χ1n) is 9.11. The standard InChI is InChI=1S/C21H26N2O3/c24-14-19(20(25)16-9-5-2-6-10-16)23-21(26)18-13-17(11-12-22-18)15-7-3-1-4-8-15/h1-10,17-20,22,24-25H,11-14H2,(H,23,26)/t17?,18?,19-,20-/m0/s1. The van der Waals surface area contributed by atoms with Gasteiger partial charge in [-0.15, -0.1) is 0 Å². The number of amides is 1. The van der Waals surface area contributed by atoms with Crippen molar-refractivity contribution in [1.29, 1.82) is 0 Å². The van der Waals surface area contributed by atoms with Gasteiger partial charge in [-0.25, -0.2) is 0 Å². The second-order valence-corrected chi connectivity index (χ2v) is 6.79. The molecular formula is C21H26N2O3. The molecule has 5 nitrogen and oxygen atoms in total. The minimum absolute atomic E-state index is 0.181. The number of hydrogen-bond acceptors (Lipinski definition) is 4. The molecule has 1 fully saturated rings. The van der Waals surface area contributed by atoms with E-state index in [0.717, 1.165) is 13.0 Å². The van der Waals surface area contributed by atoms with Crippen LogP contribution < -0.4 is 10.6 Å². The maximum Gasteiger partial charge on any atom is 0.237 e. The van der Waals surface area contributed by atoms with Crippen molar-refractivity contribution in [3.8, 4) is 0 Å². The lowest BCUT2D eigenvalue weighted by molar-refractivity contribution is -0.126. The molecule has 1 aliphatic heterocycles. The Morgan fingerprint density at radius 3 is 2.42 bits per heavy atom. The summed E-state index contributed by atoms with van der Waals surface area (Å²) in [6, 6.07) is 18.2. The van der Waals surface area contributed by atoms with Gasteiger partial charge >= 0.3 is 0 Å². The van der Waals surface area contributed by atoms with Gasteiger partial charge in [-0.1, -0.05) is 60.7 Å². The molecule has 3 rings (SSSR count). The average Bonchev–Trinajstić information content (AvgIpc) is 2.72. The van der Waals surface area contributed by atoms with Crippen LogP contribution in [-0.2, 0) is 4.79 Å². The zero-order valence-corrected chi connectivity index (χ0v) is 14.7. The zero-order chi connectivity index (χ0) is 18.4. The van der Waals surface area contributed by atoms with Gasteiger partial charge in [-0.3, -0.25) is 4.79 Å². The number of nitrogens with one attached hydrogen (secondary N) is 2. The van der Waals surface area contributed by atoms with Crippen molar-refractivity contribution in [3.63, 3.8) is 0 Å². The monoisotopic (exact) mass is 354 g/mol. The molecule has 0 bridgehead atoms. The normalized spacial score (nSPS) is 22.4. The van der Waals surface area contributed by atoms with Crippen LogP contribution in [0.2, 0.25) is 0 Å². The third-order valence-corrected chi connectivity index (χ3v) is 5.04. The Bertz CT molecular complexity index is 693. The molecule has 0 spiro atoms. The number of benzene rings is 2. The van der Waals surface area contributed by atoms with Gasteiger partial charge in [-0.05, 0) is 36.4 Å². The first-order valence-corrected chi connectivity index (χ1v) is 9.11. The highest BCUT2D eigenvalue weighted by Gasteiger charge is 2.30. The third-order valence-electron chi connectivity index (χ3n) is 5.04. The third kappa shape index (κ3) is 4.49. The van der Waals surface area contributed by atoms with Crippen molar-refractivity contribution in [2.75, 3.05) is 13.2 Å². The highest BCUT2D eigenvalue weighted by atomic mass is 16.3. The molecule has 4 atom stereocenters. The summed E-state index contributed by atoms with van der Waals surface area (Å²) >= 11 is 0. The SMILES string of the molecule is O=C(N[C@@H](CO)[C@@H](O)c1ccccc1)C1CC(c2ccccc2)CCN1. The molecule has 0 aromatic heterocycles. The lowest BCUT2D eigenvalue weighted by Gasteiger charge is -2.31. The maximum absolute atomic E-state index is 12.7. The van der Waals surface area contributed by atoms with Gasteiger partial charge in [0.15, 0.2) is 0 Å². The summed E-state index contributed by atoms with van der Waals surface area (Å²) in [7, 11) is 0. The summed E-state index contributed by atoms with van der Waals surface area (Å²) < 4.78 is 0. The van der Waals surface area contributed by atoms with E-state index in [1.807, 2.05) is 36.4 Å². The van der Waals surface area contributed by atoms with Gasteiger partial charge < -0.3 is 20.8 Å². The zero-order valence-electron chi connectivity index (χ0n) is 14.7. The lowest BCUT2D eigenvalue weighted by Crippen LogP contribution is -2.53. The summed E-state index contributed by atoms with van der Waals surface area (Å²) in [5.41, 5.74) is 1.92. The molecule has 26 heavy (non-hydrogen) atoms. The number of carbonyl (C=O) groups is 1. The van der Waals surface area contributed by atoms with E-state index in [4.69, 9.17) is 0 Å². The molecule has 1 heterocycles. The molecule has 138 valence electrons. The number of piperidine rings is 1. The largest absolute Gasteiger partial charge is 0.394 e. The topological polar surface area (TPSA) is 81.6 Å². The van der Waals surface area contributed by atoms with E-state index >= 15 is 0 Å². The van der Waals surface area contributed by atoms with Crippen LogP contribution in [0.1, 0.15) is 36.0 Å². The van der Waals surface area contributed by atoms with Crippen LogP contribution in [0, 0.1) is 0 Å². The van der Waals surface area contributed by atoms with Crippen molar-refractivity contribution in [2.24, 2.45) is 0 Å². The summed E-state index contributed by atoms with van der Waals surface area (Å²) in [4.78, 5) is 12.7. The van der Waals surface area contributed by atoms with E-state index in [0.29, 0.717) is 17.9 Å². The Balaban J connectivity index is 1.62. The van der Waals surface area contributed by atoms with Gasteiger partial charge in [-0.2, -0.15) is 0 Å². The van der Waals surface area contributed by atoms with E-state index in [9.17, 15) is 15.0 Å². The number of aliphatic hydroxyl groups is 2. The van der Waals surface area contributed by atoms with Crippen molar-refractivity contribution in [2.45, 2.75) is 36.9 Å². The molecule has 4 N–H and O–H groups in total. The quantitative estimate of drug-likeness (QED) is 0.637. The number of aliphatic hydroxyl groups excluding tert-OH is 2. The Labute approximate surface area is 154 Å². The van der Waals surface area contributed by atoms with Crippen LogP contribution in [0.15, 0.2) is 60.7 Å². The van der Waals surface area contributed by atoms with Gasteiger partial charge in [0, 0.05) is 0 Å². The van der Waals surface area contributed by atoms with Gasteiger partial charge in [0.05, 0.1) is 18.7 Å². The molecule has 0 radical (unpaired) electrons. The molecular weight excluding hydrogens is 328 g/mol. The van der Waals surface area contributed by atoms with Crippen LogP contribution >= 0.6 is 0 Å². The molecule has 0 saturated carbocycles. The molecule has 1 amide bonds. The van der Waals surface area contributed by atoms with Crippen LogP contribution in [0.5, 0.6) is 0 Å².